The summed E-state index contributed by atoms with van der Waals surface area (Å²) in [5, 5.41) is 1.36. The highest BCUT2D eigenvalue weighted by Gasteiger charge is 2.10. The van der Waals surface area contributed by atoms with E-state index in [1.54, 1.807) is 0 Å². The molecule has 0 saturated carbocycles. The molecule has 3 rings (SSSR count). The molecular weight excluding hydrogens is 566 g/mol. The minimum absolute atomic E-state index is 0. The van der Waals surface area contributed by atoms with Gasteiger partial charge in [0.1, 0.15) is 0 Å². The van der Waals surface area contributed by atoms with Gasteiger partial charge in [-0.05, 0) is 49.8 Å². The molecule has 3 aromatic heterocycles. The lowest BCUT2D eigenvalue weighted by atomic mass is 10.2. The second-order valence-corrected chi connectivity index (χ2v) is 10.8. The van der Waals surface area contributed by atoms with E-state index in [4.69, 9.17) is 0 Å². The Labute approximate surface area is 223 Å². The average Bonchev–Trinajstić information content (AvgIpc) is 3.37. The van der Waals surface area contributed by atoms with Crippen molar-refractivity contribution >= 4 is 39.8 Å². The first kappa shape index (κ1) is 29.0. The van der Waals surface area contributed by atoms with Crippen LogP contribution in [0.3, 0.4) is 0 Å². The number of hydrogen-bond donors (Lipinski definition) is 0. The molecule has 0 radical (unpaired) electrons. The SMILES string of the molecule is CCN(CC)c1ccc(-c2ccc(/C=C/c3cc[n+](CCC[N+](C)(C)C)cc3)s2)s1.[Br-].[Br-]. The van der Waals surface area contributed by atoms with Crippen molar-refractivity contribution in [3.63, 3.8) is 0 Å². The van der Waals surface area contributed by atoms with Crippen LogP contribution in [0.4, 0.5) is 5.00 Å². The lowest BCUT2D eigenvalue weighted by Gasteiger charge is -2.22. The molecule has 3 aromatic rings. The van der Waals surface area contributed by atoms with Gasteiger partial charge in [-0.25, -0.2) is 4.57 Å². The standard InChI is InChI=1S/C25H35N3S2.2BrH/c1-6-27(7-2)25-14-13-24(30-25)23-12-11-22(29-23)10-9-21-15-18-26(19-16-21)17-8-20-28(3,4)5;;/h9-16,18-19H,6-8,17,20H2,1-5H3;2*1H/q+2;;/p-2. The van der Waals surface area contributed by atoms with E-state index in [0.29, 0.717) is 0 Å². The van der Waals surface area contributed by atoms with E-state index < -0.39 is 0 Å². The van der Waals surface area contributed by atoms with Crippen molar-refractivity contribution in [2.45, 2.75) is 26.8 Å². The Morgan fingerprint density at radius 1 is 0.844 bits per heavy atom. The van der Waals surface area contributed by atoms with Crippen molar-refractivity contribution in [2.24, 2.45) is 0 Å². The first-order valence-electron chi connectivity index (χ1n) is 10.8. The number of halogens is 2. The van der Waals surface area contributed by atoms with E-state index in [1.165, 1.54) is 38.2 Å². The Hall–Kier alpha value is -0.990. The summed E-state index contributed by atoms with van der Waals surface area (Å²) in [6, 6.07) is 13.4. The number of rotatable bonds is 10. The predicted molar refractivity (Wildman–Crippen MR) is 134 cm³/mol. The fourth-order valence-electron chi connectivity index (χ4n) is 3.38. The molecule has 0 unspecified atom stereocenters. The van der Waals surface area contributed by atoms with Gasteiger partial charge in [0.25, 0.3) is 0 Å². The van der Waals surface area contributed by atoms with Gasteiger partial charge in [0.2, 0.25) is 0 Å². The number of anilines is 1. The second-order valence-electron chi connectivity index (χ2n) is 8.58. The molecule has 0 aliphatic heterocycles. The van der Waals surface area contributed by atoms with Crippen molar-refractivity contribution in [1.82, 2.24) is 0 Å². The highest BCUT2D eigenvalue weighted by Crippen LogP contribution is 2.37. The number of hydrogen-bond acceptors (Lipinski definition) is 3. The third kappa shape index (κ3) is 8.75. The number of thiophene rings is 2. The van der Waals surface area contributed by atoms with Gasteiger partial charge < -0.3 is 43.3 Å². The lowest BCUT2D eigenvalue weighted by Crippen LogP contribution is -3.00. The highest BCUT2D eigenvalue weighted by atomic mass is 79.9. The smallest absolute Gasteiger partial charge is 0.169 e. The Morgan fingerprint density at radius 3 is 2.09 bits per heavy atom. The van der Waals surface area contributed by atoms with Gasteiger partial charge in [-0.15, -0.1) is 22.7 Å². The third-order valence-corrected chi connectivity index (χ3v) is 7.53. The molecule has 0 spiro atoms. The molecule has 0 amide bonds. The Kier molecular flexibility index (Phi) is 12.4. The molecule has 0 atom stereocenters. The minimum Gasteiger partial charge on any atom is -1.00 e. The van der Waals surface area contributed by atoms with Gasteiger partial charge in [0.15, 0.2) is 18.9 Å². The normalized spacial score (nSPS) is 11.3. The number of pyridine rings is 1. The molecule has 3 heterocycles. The van der Waals surface area contributed by atoms with Crippen LogP contribution in [0.1, 0.15) is 30.7 Å². The van der Waals surface area contributed by atoms with Crippen LogP contribution in [0.2, 0.25) is 0 Å². The number of nitrogens with zero attached hydrogens (tertiary/aromatic N) is 3. The van der Waals surface area contributed by atoms with Crippen LogP contribution in [-0.2, 0) is 6.54 Å². The van der Waals surface area contributed by atoms with Gasteiger partial charge in [-0.3, -0.25) is 0 Å². The van der Waals surface area contributed by atoms with Crippen molar-refractivity contribution in [3.8, 4) is 9.75 Å². The van der Waals surface area contributed by atoms with Crippen molar-refractivity contribution in [3.05, 3.63) is 59.2 Å². The number of quaternary nitrogens is 1. The minimum atomic E-state index is 0. The van der Waals surface area contributed by atoms with Crippen LogP contribution < -0.4 is 43.4 Å². The van der Waals surface area contributed by atoms with E-state index in [2.05, 4.69) is 105 Å². The summed E-state index contributed by atoms with van der Waals surface area (Å²) in [7, 11) is 6.74. The molecule has 3 nitrogen and oxygen atoms in total. The summed E-state index contributed by atoms with van der Waals surface area (Å²) < 4.78 is 3.30. The van der Waals surface area contributed by atoms with E-state index >= 15 is 0 Å². The molecule has 0 aliphatic carbocycles. The maximum Gasteiger partial charge on any atom is 0.169 e. The molecule has 0 saturated heterocycles. The topological polar surface area (TPSA) is 7.12 Å². The molecular formula is C25H35Br2N3S2. The zero-order valence-corrected chi connectivity index (χ0v) is 24.5. The highest BCUT2D eigenvalue weighted by molar-refractivity contribution is 7.24. The summed E-state index contributed by atoms with van der Waals surface area (Å²) in [5.74, 6) is 0. The van der Waals surface area contributed by atoms with Crippen molar-refractivity contribution in [1.29, 1.82) is 0 Å². The predicted octanol–water partition coefficient (Wildman–Crippen LogP) is -0.115. The number of aryl methyl sites for hydroxylation is 1. The van der Waals surface area contributed by atoms with Crippen LogP contribution >= 0.6 is 22.7 Å². The zero-order chi connectivity index (χ0) is 21.6. The average molecular weight is 602 g/mol. The molecule has 0 aromatic carbocycles. The maximum absolute atomic E-state index is 2.41. The molecule has 7 heteroatoms. The van der Waals surface area contributed by atoms with E-state index in [-0.39, 0.29) is 34.0 Å². The van der Waals surface area contributed by atoms with Gasteiger partial charge in [0, 0.05) is 39.9 Å². The van der Waals surface area contributed by atoms with Gasteiger partial charge in [-0.1, -0.05) is 6.08 Å². The number of aromatic nitrogens is 1. The van der Waals surface area contributed by atoms with Crippen LogP contribution in [0.15, 0.2) is 48.8 Å². The Morgan fingerprint density at radius 2 is 1.47 bits per heavy atom. The molecule has 0 aliphatic rings. The van der Waals surface area contributed by atoms with Gasteiger partial charge >= 0.3 is 0 Å². The monoisotopic (exact) mass is 599 g/mol. The van der Waals surface area contributed by atoms with E-state index in [0.717, 1.165) is 24.1 Å². The van der Waals surface area contributed by atoms with Crippen LogP contribution in [-0.4, -0.2) is 45.3 Å². The largest absolute Gasteiger partial charge is 1.00 e. The summed E-state index contributed by atoms with van der Waals surface area (Å²) in [6.45, 7) is 8.81. The summed E-state index contributed by atoms with van der Waals surface area (Å²) >= 11 is 3.75. The van der Waals surface area contributed by atoms with Gasteiger partial charge in [0.05, 0.1) is 39.1 Å². The van der Waals surface area contributed by atoms with Crippen LogP contribution in [0, 0.1) is 0 Å². The molecule has 176 valence electrons. The fourth-order valence-corrected chi connectivity index (χ4v) is 5.51. The molecule has 0 bridgehead atoms. The Balaban J connectivity index is 0.00000256. The van der Waals surface area contributed by atoms with Crippen LogP contribution in [0.5, 0.6) is 0 Å². The second kappa shape index (κ2) is 13.7. The third-order valence-electron chi connectivity index (χ3n) is 5.14. The van der Waals surface area contributed by atoms with E-state index in [9.17, 15) is 0 Å². The Bertz CT molecular complexity index is 952. The fraction of sp³-hybridized carbons (Fsp3) is 0.400. The van der Waals surface area contributed by atoms with Crippen molar-refractivity contribution in [2.75, 3.05) is 45.7 Å². The van der Waals surface area contributed by atoms with E-state index in [1.807, 2.05) is 22.7 Å². The lowest BCUT2D eigenvalue weighted by molar-refractivity contribution is -0.873. The zero-order valence-electron chi connectivity index (χ0n) is 19.7. The first-order valence-corrected chi connectivity index (χ1v) is 12.4. The van der Waals surface area contributed by atoms with Crippen LogP contribution in [0.25, 0.3) is 21.9 Å². The maximum atomic E-state index is 2.41. The molecule has 32 heavy (non-hydrogen) atoms. The quantitative estimate of drug-likeness (QED) is 0.233. The van der Waals surface area contributed by atoms with Gasteiger partial charge in [-0.2, -0.15) is 0 Å². The summed E-state index contributed by atoms with van der Waals surface area (Å²) in [4.78, 5) is 6.41. The molecule has 0 fully saturated rings. The summed E-state index contributed by atoms with van der Waals surface area (Å²) in [6.07, 6.45) is 10.0. The molecule has 0 N–H and O–H groups in total. The first-order chi connectivity index (χ1) is 14.4. The van der Waals surface area contributed by atoms with Crippen molar-refractivity contribution < 1.29 is 43.0 Å². The summed E-state index contributed by atoms with van der Waals surface area (Å²) in [5.41, 5.74) is 1.24.